The van der Waals surface area contributed by atoms with E-state index in [0.29, 0.717) is 37.1 Å². The second-order valence-electron chi connectivity index (χ2n) is 4.78. The molecule has 6 nitrogen and oxygen atoms in total. The van der Waals surface area contributed by atoms with Crippen molar-refractivity contribution in [1.82, 2.24) is 15.5 Å². The van der Waals surface area contributed by atoms with Gasteiger partial charge >= 0.3 is 0 Å². The summed E-state index contributed by atoms with van der Waals surface area (Å²) in [6, 6.07) is 0. The summed E-state index contributed by atoms with van der Waals surface area (Å²) in [5, 5.41) is 6.45. The molecule has 19 heavy (non-hydrogen) atoms. The molecule has 1 rings (SSSR count). The highest BCUT2D eigenvalue weighted by Gasteiger charge is 2.11. The molecule has 0 saturated heterocycles. The van der Waals surface area contributed by atoms with Crippen LogP contribution in [0.2, 0.25) is 0 Å². The van der Waals surface area contributed by atoms with Gasteiger partial charge < -0.3 is 15.6 Å². The van der Waals surface area contributed by atoms with Gasteiger partial charge in [0.1, 0.15) is 0 Å². The van der Waals surface area contributed by atoms with Crippen molar-refractivity contribution in [3.05, 3.63) is 11.7 Å². The van der Waals surface area contributed by atoms with Gasteiger partial charge in [0.25, 0.3) is 0 Å². The van der Waals surface area contributed by atoms with Gasteiger partial charge in [0.2, 0.25) is 11.8 Å². The van der Waals surface area contributed by atoms with Crippen molar-refractivity contribution < 1.29 is 9.32 Å². The van der Waals surface area contributed by atoms with E-state index >= 15 is 0 Å². The summed E-state index contributed by atoms with van der Waals surface area (Å²) < 4.78 is 4.93. The van der Waals surface area contributed by atoms with Gasteiger partial charge in [-0.3, -0.25) is 4.79 Å². The highest BCUT2D eigenvalue weighted by molar-refractivity contribution is 5.75. The molecule has 0 saturated carbocycles. The molecule has 108 valence electrons. The maximum Gasteiger partial charge on any atom is 0.246 e. The Balaban J connectivity index is 2.22. The normalized spacial score (nSPS) is 12.4. The summed E-state index contributed by atoms with van der Waals surface area (Å²) in [5.41, 5.74) is 5.57. The quantitative estimate of drug-likeness (QED) is 0.708. The van der Waals surface area contributed by atoms with Gasteiger partial charge in [0.15, 0.2) is 5.82 Å². The van der Waals surface area contributed by atoms with E-state index in [-0.39, 0.29) is 5.91 Å². The number of amides is 1. The number of nitrogens with zero attached hydrogens (tertiary/aromatic N) is 2. The second kappa shape index (κ2) is 8.63. The number of hydrogen-bond donors (Lipinski definition) is 2. The van der Waals surface area contributed by atoms with Crippen molar-refractivity contribution >= 4 is 5.91 Å². The van der Waals surface area contributed by atoms with E-state index in [0.717, 1.165) is 25.7 Å². The molecule has 0 aliphatic heterocycles. The standard InChI is InChI=1S/C13H24N4O2/c1-3-4-11(7-8-14)5-6-12(18)15-9-13-16-10(2)17-19-13/h11H,3-9,14H2,1-2H3,(H,15,18). The fourth-order valence-corrected chi connectivity index (χ4v) is 2.09. The van der Waals surface area contributed by atoms with Crippen LogP contribution in [-0.4, -0.2) is 22.6 Å². The van der Waals surface area contributed by atoms with Crippen molar-refractivity contribution in [1.29, 1.82) is 0 Å². The van der Waals surface area contributed by atoms with Crippen LogP contribution in [0, 0.1) is 12.8 Å². The van der Waals surface area contributed by atoms with E-state index in [1.165, 1.54) is 0 Å². The van der Waals surface area contributed by atoms with Gasteiger partial charge in [0, 0.05) is 6.42 Å². The molecule has 0 fully saturated rings. The van der Waals surface area contributed by atoms with E-state index in [9.17, 15) is 4.79 Å². The lowest BCUT2D eigenvalue weighted by Crippen LogP contribution is -2.23. The minimum Gasteiger partial charge on any atom is -0.347 e. The first-order valence-corrected chi connectivity index (χ1v) is 6.91. The van der Waals surface area contributed by atoms with Crippen LogP contribution in [0.3, 0.4) is 0 Å². The third kappa shape index (κ3) is 6.33. The molecule has 0 aliphatic rings. The van der Waals surface area contributed by atoms with Gasteiger partial charge in [-0.1, -0.05) is 24.9 Å². The monoisotopic (exact) mass is 268 g/mol. The Morgan fingerprint density at radius 1 is 1.42 bits per heavy atom. The molecule has 0 aromatic carbocycles. The maximum atomic E-state index is 11.7. The smallest absolute Gasteiger partial charge is 0.246 e. The summed E-state index contributed by atoms with van der Waals surface area (Å²) in [5.74, 6) is 1.59. The van der Waals surface area contributed by atoms with Gasteiger partial charge in [-0.05, 0) is 32.2 Å². The van der Waals surface area contributed by atoms with Crippen LogP contribution in [0.1, 0.15) is 50.7 Å². The highest BCUT2D eigenvalue weighted by Crippen LogP contribution is 2.16. The van der Waals surface area contributed by atoms with E-state index < -0.39 is 0 Å². The van der Waals surface area contributed by atoms with Crippen molar-refractivity contribution in [2.45, 2.75) is 52.5 Å². The summed E-state index contributed by atoms with van der Waals surface area (Å²) in [4.78, 5) is 15.7. The zero-order chi connectivity index (χ0) is 14.1. The molecule has 1 aromatic rings. The van der Waals surface area contributed by atoms with Crippen LogP contribution in [0.5, 0.6) is 0 Å². The number of carbonyl (C=O) groups excluding carboxylic acids is 1. The number of nitrogens with two attached hydrogens (primary N) is 1. The van der Waals surface area contributed by atoms with Crippen LogP contribution < -0.4 is 11.1 Å². The number of carbonyl (C=O) groups is 1. The molecule has 1 aromatic heterocycles. The molecule has 0 aliphatic carbocycles. The molecule has 1 heterocycles. The summed E-state index contributed by atoms with van der Waals surface area (Å²) in [7, 11) is 0. The molecule has 0 radical (unpaired) electrons. The van der Waals surface area contributed by atoms with E-state index in [2.05, 4.69) is 22.4 Å². The lowest BCUT2D eigenvalue weighted by atomic mass is 9.94. The van der Waals surface area contributed by atoms with Gasteiger partial charge in [0.05, 0.1) is 6.54 Å². The highest BCUT2D eigenvalue weighted by atomic mass is 16.5. The van der Waals surface area contributed by atoms with Crippen LogP contribution >= 0.6 is 0 Å². The Kier molecular flexibility index (Phi) is 7.10. The minimum absolute atomic E-state index is 0.0222. The molecule has 6 heteroatoms. The van der Waals surface area contributed by atoms with E-state index in [1.807, 2.05) is 0 Å². The molecular formula is C13H24N4O2. The summed E-state index contributed by atoms with van der Waals surface area (Å²) in [6.45, 7) is 4.89. The van der Waals surface area contributed by atoms with Gasteiger partial charge in [-0.25, -0.2) is 0 Å². The van der Waals surface area contributed by atoms with Crippen molar-refractivity contribution in [2.24, 2.45) is 11.7 Å². The molecule has 1 amide bonds. The fourth-order valence-electron chi connectivity index (χ4n) is 2.09. The second-order valence-corrected chi connectivity index (χ2v) is 4.78. The fraction of sp³-hybridized carbons (Fsp3) is 0.769. The SMILES string of the molecule is CCCC(CCN)CCC(=O)NCc1nc(C)no1. The van der Waals surface area contributed by atoms with Crippen LogP contribution in [0.15, 0.2) is 4.52 Å². The Hall–Kier alpha value is -1.43. The number of rotatable bonds is 9. The van der Waals surface area contributed by atoms with E-state index in [4.69, 9.17) is 10.3 Å². The zero-order valence-corrected chi connectivity index (χ0v) is 11.8. The predicted molar refractivity (Wildman–Crippen MR) is 72.2 cm³/mol. The third-order valence-electron chi connectivity index (χ3n) is 3.06. The molecule has 0 spiro atoms. The molecular weight excluding hydrogens is 244 g/mol. The van der Waals surface area contributed by atoms with Crippen LogP contribution in [-0.2, 0) is 11.3 Å². The number of hydrogen-bond acceptors (Lipinski definition) is 5. The molecule has 0 bridgehead atoms. The average molecular weight is 268 g/mol. The maximum absolute atomic E-state index is 11.7. The largest absolute Gasteiger partial charge is 0.347 e. The first kappa shape index (κ1) is 15.6. The van der Waals surface area contributed by atoms with Gasteiger partial charge in [-0.2, -0.15) is 4.98 Å². The van der Waals surface area contributed by atoms with Crippen molar-refractivity contribution in [3.63, 3.8) is 0 Å². The van der Waals surface area contributed by atoms with Crippen molar-refractivity contribution in [3.8, 4) is 0 Å². The zero-order valence-electron chi connectivity index (χ0n) is 11.8. The lowest BCUT2D eigenvalue weighted by Gasteiger charge is -2.14. The van der Waals surface area contributed by atoms with Crippen LogP contribution in [0.25, 0.3) is 0 Å². The molecule has 1 atom stereocenters. The topological polar surface area (TPSA) is 94.0 Å². The lowest BCUT2D eigenvalue weighted by molar-refractivity contribution is -0.121. The van der Waals surface area contributed by atoms with E-state index in [1.54, 1.807) is 6.92 Å². The first-order chi connectivity index (χ1) is 9.15. The number of aromatic nitrogens is 2. The average Bonchev–Trinajstić information content (AvgIpc) is 2.80. The molecule has 1 unspecified atom stereocenters. The first-order valence-electron chi connectivity index (χ1n) is 6.91. The Labute approximate surface area is 114 Å². The third-order valence-corrected chi connectivity index (χ3v) is 3.06. The van der Waals surface area contributed by atoms with Crippen molar-refractivity contribution in [2.75, 3.05) is 6.54 Å². The van der Waals surface area contributed by atoms with Gasteiger partial charge in [-0.15, -0.1) is 0 Å². The summed E-state index contributed by atoms with van der Waals surface area (Å²) >= 11 is 0. The summed E-state index contributed by atoms with van der Waals surface area (Å²) in [6.07, 6.45) is 4.67. The Morgan fingerprint density at radius 3 is 2.79 bits per heavy atom. The predicted octanol–water partition coefficient (Wildman–Crippen LogP) is 1.54. The minimum atomic E-state index is 0.0222. The number of aryl methyl sites for hydroxylation is 1. The Bertz CT molecular complexity index is 372. The number of nitrogens with one attached hydrogen (secondary N) is 1. The van der Waals surface area contributed by atoms with Crippen LogP contribution in [0.4, 0.5) is 0 Å². The Morgan fingerprint density at radius 2 is 2.21 bits per heavy atom. The molecule has 3 N–H and O–H groups in total.